The number of rotatable bonds is 5. The van der Waals surface area contributed by atoms with Crippen molar-refractivity contribution >= 4 is 40.4 Å². The van der Waals surface area contributed by atoms with E-state index in [-0.39, 0.29) is 12.3 Å². The van der Waals surface area contributed by atoms with Gasteiger partial charge in [-0.25, -0.2) is 9.79 Å². The minimum Gasteiger partial charge on any atom is -0.466 e. The van der Waals surface area contributed by atoms with Crippen LogP contribution in [0.15, 0.2) is 51.6 Å². The molecule has 0 aromatic heterocycles. The Hall–Kier alpha value is -2.29. The number of carbonyl (C=O) groups is 2. The van der Waals surface area contributed by atoms with Gasteiger partial charge in [-0.3, -0.25) is 4.79 Å². The number of hydrogen-bond acceptors (Lipinski definition) is 7. The highest BCUT2D eigenvalue weighted by atomic mass is 35.5. The van der Waals surface area contributed by atoms with Crippen LogP contribution in [0.5, 0.6) is 0 Å². The predicted octanol–water partition coefficient (Wildman–Crippen LogP) is 4.95. The van der Waals surface area contributed by atoms with Crippen molar-refractivity contribution in [3.05, 3.63) is 57.2 Å². The average Bonchev–Trinajstić information content (AvgIpc) is 3.29. The molecule has 0 N–H and O–H groups in total. The van der Waals surface area contributed by atoms with Crippen LogP contribution < -0.4 is 0 Å². The molecule has 4 heterocycles. The van der Waals surface area contributed by atoms with Crippen LogP contribution >= 0.6 is 23.4 Å². The van der Waals surface area contributed by atoms with Crippen molar-refractivity contribution in [3.63, 3.8) is 0 Å². The molecule has 7 nitrogen and oxygen atoms in total. The molecule has 0 aliphatic carbocycles. The number of fused-ring (bicyclic) bond motifs is 1. The second-order valence-electron chi connectivity index (χ2n) is 9.82. The van der Waals surface area contributed by atoms with Crippen molar-refractivity contribution in [2.75, 3.05) is 33.3 Å². The molecule has 0 spiro atoms. The highest BCUT2D eigenvalue weighted by molar-refractivity contribution is 8.16. The third kappa shape index (κ3) is 5.08. The van der Waals surface area contributed by atoms with Crippen molar-refractivity contribution in [2.45, 2.75) is 57.5 Å². The normalized spacial score (nSPS) is 23.4. The number of carbonyl (C=O) groups excluding carboxylic acids is 2. The summed E-state index contributed by atoms with van der Waals surface area (Å²) in [5.74, 6) is -0.307. The van der Waals surface area contributed by atoms with Gasteiger partial charge in [0, 0.05) is 29.9 Å². The molecule has 1 amide bonds. The van der Waals surface area contributed by atoms with E-state index in [4.69, 9.17) is 21.3 Å². The number of thioether (sulfide) groups is 1. The van der Waals surface area contributed by atoms with Crippen LogP contribution in [0.4, 0.5) is 0 Å². The van der Waals surface area contributed by atoms with Gasteiger partial charge in [0.2, 0.25) is 5.91 Å². The highest BCUT2D eigenvalue weighted by Gasteiger charge is 2.41. The summed E-state index contributed by atoms with van der Waals surface area (Å²) in [5.41, 5.74) is 2.79. The topological polar surface area (TPSA) is 65.5 Å². The minimum atomic E-state index is -0.456. The molecule has 0 bridgehead atoms. The van der Waals surface area contributed by atoms with Crippen molar-refractivity contribution in [1.82, 2.24) is 14.7 Å². The largest absolute Gasteiger partial charge is 0.466 e. The molecular formula is C27H33ClN4O3S. The summed E-state index contributed by atoms with van der Waals surface area (Å²) in [6.45, 7) is 5.81. The van der Waals surface area contributed by atoms with E-state index >= 15 is 0 Å². The molecule has 2 saturated heterocycles. The Morgan fingerprint density at radius 1 is 1.14 bits per heavy atom. The molecule has 1 aromatic carbocycles. The molecule has 1 aromatic rings. The molecule has 5 rings (SSSR count). The molecule has 1 atom stereocenters. The molecule has 4 aliphatic rings. The van der Waals surface area contributed by atoms with E-state index in [0.29, 0.717) is 22.3 Å². The van der Waals surface area contributed by atoms with Gasteiger partial charge >= 0.3 is 5.97 Å². The van der Waals surface area contributed by atoms with E-state index in [1.807, 2.05) is 46.4 Å². The Balaban J connectivity index is 1.33. The molecule has 4 aliphatic heterocycles. The third-order valence-electron chi connectivity index (χ3n) is 7.63. The molecule has 2 fully saturated rings. The number of likely N-dealkylation sites (tertiary alicyclic amines) is 2. The fourth-order valence-corrected chi connectivity index (χ4v) is 6.93. The molecule has 192 valence electrons. The third-order valence-corrected chi connectivity index (χ3v) is 8.75. The lowest BCUT2D eigenvalue weighted by Crippen LogP contribution is -2.48. The number of allylic oxidation sites excluding steroid dienone is 1. The average molecular weight is 529 g/mol. The summed E-state index contributed by atoms with van der Waals surface area (Å²) >= 11 is 7.82. The van der Waals surface area contributed by atoms with Gasteiger partial charge in [-0.1, -0.05) is 41.9 Å². The molecule has 0 unspecified atom stereocenters. The quantitative estimate of drug-likeness (QED) is 0.504. The van der Waals surface area contributed by atoms with Gasteiger partial charge in [-0.15, -0.1) is 0 Å². The Labute approximate surface area is 222 Å². The summed E-state index contributed by atoms with van der Waals surface area (Å²) in [6.07, 6.45) is 6.27. The number of aliphatic imine (C=N–C) groups is 1. The van der Waals surface area contributed by atoms with Crippen molar-refractivity contribution in [3.8, 4) is 0 Å². The number of nitrogens with zero attached hydrogens (tertiary/aromatic N) is 4. The maximum absolute atomic E-state index is 13.4. The van der Waals surface area contributed by atoms with Crippen molar-refractivity contribution in [1.29, 1.82) is 0 Å². The molecule has 36 heavy (non-hydrogen) atoms. The molecular weight excluding hydrogens is 496 g/mol. The first kappa shape index (κ1) is 25.4. The van der Waals surface area contributed by atoms with Crippen molar-refractivity contribution < 1.29 is 14.3 Å². The van der Waals surface area contributed by atoms with Crippen LogP contribution in [0.3, 0.4) is 0 Å². The highest BCUT2D eigenvalue weighted by Crippen LogP contribution is 2.45. The monoisotopic (exact) mass is 528 g/mol. The predicted molar refractivity (Wildman–Crippen MR) is 143 cm³/mol. The number of methoxy groups -OCH3 is 1. The lowest BCUT2D eigenvalue weighted by molar-refractivity contribution is -0.136. The lowest BCUT2D eigenvalue weighted by Gasteiger charge is -2.40. The summed E-state index contributed by atoms with van der Waals surface area (Å²) in [7, 11) is 1.38. The first-order valence-electron chi connectivity index (χ1n) is 12.8. The summed E-state index contributed by atoms with van der Waals surface area (Å²) in [6, 6.07) is 7.63. The number of piperidine rings is 2. The fourth-order valence-electron chi connectivity index (χ4n) is 5.76. The van der Waals surface area contributed by atoms with Crippen LogP contribution in [-0.2, 0) is 14.3 Å². The number of amidine groups is 1. The van der Waals surface area contributed by atoms with E-state index in [0.717, 1.165) is 42.4 Å². The van der Waals surface area contributed by atoms with Gasteiger partial charge in [-0.05, 0) is 68.8 Å². The Morgan fingerprint density at radius 2 is 1.89 bits per heavy atom. The van der Waals surface area contributed by atoms with Gasteiger partial charge < -0.3 is 19.4 Å². The van der Waals surface area contributed by atoms with Gasteiger partial charge in [0.1, 0.15) is 0 Å². The molecule has 0 radical (unpaired) electrons. The van der Waals surface area contributed by atoms with Gasteiger partial charge in [0.05, 0.1) is 30.8 Å². The second-order valence-corrected chi connectivity index (χ2v) is 11.1. The van der Waals surface area contributed by atoms with E-state index in [1.54, 1.807) is 0 Å². The van der Waals surface area contributed by atoms with Gasteiger partial charge in [-0.2, -0.15) is 0 Å². The van der Waals surface area contributed by atoms with E-state index in [9.17, 15) is 9.59 Å². The molecule has 9 heteroatoms. The van der Waals surface area contributed by atoms with Gasteiger partial charge in [0.25, 0.3) is 0 Å². The first-order chi connectivity index (χ1) is 17.5. The maximum atomic E-state index is 13.4. The van der Waals surface area contributed by atoms with Crippen molar-refractivity contribution in [2.24, 2.45) is 4.99 Å². The summed E-state index contributed by atoms with van der Waals surface area (Å²) in [4.78, 5) is 37.6. The summed E-state index contributed by atoms with van der Waals surface area (Å²) in [5, 5.41) is 3.34. The number of benzene rings is 1. The Kier molecular flexibility index (Phi) is 7.74. The SMILES string of the molecule is COC(=O)C1=C(C)N=C2SC=C(CC(=O)N3CCC(N4CCCCC4)CC3)N2[C@H]1c1cccc(Cl)c1. The second kappa shape index (κ2) is 11.0. The van der Waals surface area contributed by atoms with Crippen LogP contribution in [0.25, 0.3) is 0 Å². The smallest absolute Gasteiger partial charge is 0.338 e. The Bertz CT molecular complexity index is 1120. The standard InChI is InChI=1S/C27H33ClN4O3S/c1-18-24(26(34)35-2)25(19-7-6-8-20(28)15-19)32-22(17-36-27(32)29-18)16-23(33)31-13-9-21(10-14-31)30-11-4-3-5-12-30/h6-8,15,17,21,25H,3-5,9-14,16H2,1-2H3/t25-/m0/s1. The zero-order valence-electron chi connectivity index (χ0n) is 20.9. The maximum Gasteiger partial charge on any atom is 0.338 e. The first-order valence-corrected chi connectivity index (χ1v) is 14.0. The fraction of sp³-hybridized carbons (Fsp3) is 0.519. The number of ether oxygens (including phenoxy) is 1. The minimum absolute atomic E-state index is 0.121. The van der Waals surface area contributed by atoms with Crippen LogP contribution in [0, 0.1) is 0 Å². The van der Waals surface area contributed by atoms with Gasteiger partial charge in [0.15, 0.2) is 5.17 Å². The number of hydrogen-bond donors (Lipinski definition) is 0. The number of halogens is 1. The van der Waals surface area contributed by atoms with Crippen LogP contribution in [0.2, 0.25) is 5.02 Å². The zero-order valence-corrected chi connectivity index (χ0v) is 22.5. The number of amides is 1. The van der Waals surface area contributed by atoms with Crippen LogP contribution in [0.1, 0.15) is 57.1 Å². The van der Waals surface area contributed by atoms with E-state index < -0.39 is 12.0 Å². The van der Waals surface area contributed by atoms with Crippen LogP contribution in [-0.4, -0.2) is 71.1 Å². The zero-order chi connectivity index (χ0) is 25.2. The lowest BCUT2D eigenvalue weighted by atomic mass is 9.94. The number of esters is 1. The summed E-state index contributed by atoms with van der Waals surface area (Å²) < 4.78 is 5.13. The van der Waals surface area contributed by atoms with E-state index in [1.165, 1.54) is 51.2 Å². The Morgan fingerprint density at radius 3 is 2.58 bits per heavy atom. The molecule has 0 saturated carbocycles. The van der Waals surface area contributed by atoms with E-state index in [2.05, 4.69) is 4.90 Å².